The molecule has 0 aliphatic carbocycles. The van der Waals surface area contributed by atoms with Crippen molar-refractivity contribution in [1.29, 1.82) is 0 Å². The van der Waals surface area contributed by atoms with Crippen molar-refractivity contribution in [2.45, 2.75) is 19.4 Å². The molecule has 1 aliphatic heterocycles. The Labute approximate surface area is 84.1 Å². The van der Waals surface area contributed by atoms with Gasteiger partial charge in [0.2, 0.25) is 0 Å². The zero-order valence-corrected chi connectivity index (χ0v) is 8.38. The van der Waals surface area contributed by atoms with E-state index in [2.05, 4.69) is 10.6 Å². The molecule has 0 bridgehead atoms. The summed E-state index contributed by atoms with van der Waals surface area (Å²) in [6.45, 7) is 4.12. The Kier molecular flexibility index (Phi) is 2.59. The fraction of sp³-hybridized carbons (Fsp3) is 0.455. The third kappa shape index (κ3) is 1.99. The molecule has 2 rings (SSSR count). The first-order valence-corrected chi connectivity index (χ1v) is 5.02. The molecule has 1 aliphatic rings. The maximum absolute atomic E-state index is 9.26. The van der Waals surface area contributed by atoms with Gasteiger partial charge in [-0.2, -0.15) is 0 Å². The Morgan fingerprint density at radius 1 is 1.50 bits per heavy atom. The van der Waals surface area contributed by atoms with E-state index in [0.717, 1.165) is 24.3 Å². The summed E-state index contributed by atoms with van der Waals surface area (Å²) in [7, 11) is 0. The van der Waals surface area contributed by atoms with Gasteiger partial charge in [0, 0.05) is 18.3 Å². The maximum Gasteiger partial charge on any atom is 0.115 e. The molecule has 0 saturated carbocycles. The summed E-state index contributed by atoms with van der Waals surface area (Å²) in [6, 6.07) is 5.96. The fourth-order valence-electron chi connectivity index (χ4n) is 1.81. The molecule has 0 aromatic heterocycles. The third-order valence-corrected chi connectivity index (χ3v) is 2.63. The summed E-state index contributed by atoms with van der Waals surface area (Å²) >= 11 is 0. The number of phenolic OH excluding ortho intramolecular Hbond substituents is 1. The Morgan fingerprint density at radius 2 is 2.36 bits per heavy atom. The van der Waals surface area contributed by atoms with Gasteiger partial charge in [-0.15, -0.1) is 0 Å². The Morgan fingerprint density at radius 3 is 3.00 bits per heavy atom. The van der Waals surface area contributed by atoms with Crippen LogP contribution in [0.4, 0.5) is 5.69 Å². The summed E-state index contributed by atoms with van der Waals surface area (Å²) < 4.78 is 0. The van der Waals surface area contributed by atoms with Gasteiger partial charge in [0.1, 0.15) is 5.75 Å². The first kappa shape index (κ1) is 9.34. The van der Waals surface area contributed by atoms with Gasteiger partial charge in [0.15, 0.2) is 0 Å². The number of nitrogens with one attached hydrogen (secondary N) is 2. The van der Waals surface area contributed by atoms with E-state index in [9.17, 15) is 5.11 Å². The van der Waals surface area contributed by atoms with E-state index in [1.165, 1.54) is 6.42 Å². The van der Waals surface area contributed by atoms with Crippen LogP contribution in [-0.4, -0.2) is 24.2 Å². The van der Waals surface area contributed by atoms with Gasteiger partial charge >= 0.3 is 0 Å². The van der Waals surface area contributed by atoms with Crippen LogP contribution in [0.3, 0.4) is 0 Å². The molecule has 1 atom stereocenters. The monoisotopic (exact) mass is 192 g/mol. The minimum atomic E-state index is 0.331. The average molecular weight is 192 g/mol. The molecule has 3 N–H and O–H groups in total. The highest BCUT2D eigenvalue weighted by Gasteiger charge is 2.14. The Bertz CT molecular complexity index is 319. The van der Waals surface area contributed by atoms with Crippen molar-refractivity contribution in [2.24, 2.45) is 0 Å². The highest BCUT2D eigenvalue weighted by atomic mass is 16.3. The van der Waals surface area contributed by atoms with Crippen LogP contribution in [0, 0.1) is 6.92 Å². The lowest BCUT2D eigenvalue weighted by atomic mass is 10.1. The van der Waals surface area contributed by atoms with Crippen LogP contribution < -0.4 is 10.6 Å². The van der Waals surface area contributed by atoms with Crippen LogP contribution in [0.25, 0.3) is 0 Å². The quantitative estimate of drug-likeness (QED) is 0.622. The van der Waals surface area contributed by atoms with Crippen LogP contribution in [0.2, 0.25) is 0 Å². The third-order valence-electron chi connectivity index (χ3n) is 2.63. The second kappa shape index (κ2) is 3.88. The normalized spacial score (nSPS) is 21.1. The van der Waals surface area contributed by atoms with Gasteiger partial charge in [0.25, 0.3) is 0 Å². The summed E-state index contributed by atoms with van der Waals surface area (Å²) in [4.78, 5) is 0. The smallest absolute Gasteiger partial charge is 0.115 e. The van der Waals surface area contributed by atoms with Gasteiger partial charge in [-0.25, -0.2) is 0 Å². The van der Waals surface area contributed by atoms with E-state index >= 15 is 0 Å². The summed E-state index contributed by atoms with van der Waals surface area (Å²) in [5.74, 6) is 0.331. The number of hydrogen-bond acceptors (Lipinski definition) is 3. The minimum absolute atomic E-state index is 0.331. The zero-order valence-electron chi connectivity index (χ0n) is 8.38. The van der Waals surface area contributed by atoms with Crippen molar-refractivity contribution >= 4 is 5.69 Å². The molecule has 1 saturated heterocycles. The lowest BCUT2D eigenvalue weighted by molar-refractivity contribution is 0.475. The number of benzene rings is 1. The number of aromatic hydroxyl groups is 1. The van der Waals surface area contributed by atoms with Crippen molar-refractivity contribution in [3.63, 3.8) is 0 Å². The molecule has 1 fully saturated rings. The predicted octanol–water partition coefficient (Wildman–Crippen LogP) is 1.47. The first-order valence-electron chi connectivity index (χ1n) is 5.02. The van der Waals surface area contributed by atoms with Crippen molar-refractivity contribution in [3.8, 4) is 5.75 Å². The zero-order chi connectivity index (χ0) is 9.97. The van der Waals surface area contributed by atoms with E-state index in [1.807, 2.05) is 13.0 Å². The standard InChI is InChI=1S/C11H16N2O/c1-8-6-10(14)2-3-11(8)13-9-4-5-12-7-9/h2-3,6,9,12-14H,4-5,7H2,1H3. The van der Waals surface area contributed by atoms with E-state index in [0.29, 0.717) is 11.8 Å². The number of phenols is 1. The van der Waals surface area contributed by atoms with Crippen molar-refractivity contribution in [2.75, 3.05) is 18.4 Å². The van der Waals surface area contributed by atoms with Crippen molar-refractivity contribution in [1.82, 2.24) is 5.32 Å². The van der Waals surface area contributed by atoms with Gasteiger partial charge in [-0.3, -0.25) is 0 Å². The largest absolute Gasteiger partial charge is 0.508 e. The van der Waals surface area contributed by atoms with Gasteiger partial charge in [-0.1, -0.05) is 0 Å². The predicted molar refractivity (Wildman–Crippen MR) is 57.7 cm³/mol. The lowest BCUT2D eigenvalue weighted by Gasteiger charge is -2.15. The number of hydrogen-bond donors (Lipinski definition) is 3. The molecule has 0 radical (unpaired) electrons. The molecule has 1 aromatic rings. The molecule has 3 heteroatoms. The van der Waals surface area contributed by atoms with Crippen molar-refractivity contribution < 1.29 is 5.11 Å². The van der Waals surface area contributed by atoms with Crippen LogP contribution in [-0.2, 0) is 0 Å². The minimum Gasteiger partial charge on any atom is -0.508 e. The average Bonchev–Trinajstić information content (AvgIpc) is 2.62. The Hall–Kier alpha value is -1.22. The van der Waals surface area contributed by atoms with Gasteiger partial charge in [-0.05, 0) is 43.7 Å². The second-order valence-corrected chi connectivity index (χ2v) is 3.83. The summed E-state index contributed by atoms with van der Waals surface area (Å²) in [5.41, 5.74) is 2.22. The lowest BCUT2D eigenvalue weighted by Crippen LogP contribution is -2.22. The number of aryl methyl sites for hydroxylation is 1. The summed E-state index contributed by atoms with van der Waals surface area (Å²) in [6.07, 6.45) is 1.17. The Balaban J connectivity index is 2.08. The van der Waals surface area contributed by atoms with Crippen LogP contribution in [0.15, 0.2) is 18.2 Å². The van der Waals surface area contributed by atoms with Crippen LogP contribution in [0.5, 0.6) is 5.75 Å². The van der Waals surface area contributed by atoms with Gasteiger partial charge < -0.3 is 15.7 Å². The number of rotatable bonds is 2. The highest BCUT2D eigenvalue weighted by Crippen LogP contribution is 2.21. The SMILES string of the molecule is Cc1cc(O)ccc1NC1CCNC1. The number of anilines is 1. The molecule has 0 spiro atoms. The molecular formula is C11H16N2O. The summed E-state index contributed by atoms with van der Waals surface area (Å²) in [5, 5.41) is 16.0. The van der Waals surface area contributed by atoms with Gasteiger partial charge in [0.05, 0.1) is 0 Å². The van der Waals surface area contributed by atoms with Crippen LogP contribution in [0.1, 0.15) is 12.0 Å². The van der Waals surface area contributed by atoms with E-state index in [1.54, 1.807) is 12.1 Å². The van der Waals surface area contributed by atoms with Crippen molar-refractivity contribution in [3.05, 3.63) is 23.8 Å². The highest BCUT2D eigenvalue weighted by molar-refractivity contribution is 5.54. The molecule has 76 valence electrons. The van der Waals surface area contributed by atoms with Crippen LogP contribution >= 0.6 is 0 Å². The molecule has 3 nitrogen and oxygen atoms in total. The molecular weight excluding hydrogens is 176 g/mol. The topological polar surface area (TPSA) is 44.3 Å². The fourth-order valence-corrected chi connectivity index (χ4v) is 1.81. The second-order valence-electron chi connectivity index (χ2n) is 3.83. The molecule has 1 aromatic carbocycles. The van der Waals surface area contributed by atoms with E-state index in [4.69, 9.17) is 0 Å². The molecule has 14 heavy (non-hydrogen) atoms. The molecule has 1 heterocycles. The maximum atomic E-state index is 9.26. The molecule has 1 unspecified atom stereocenters. The van der Waals surface area contributed by atoms with E-state index < -0.39 is 0 Å². The first-order chi connectivity index (χ1) is 6.75. The molecule has 0 amide bonds. The van der Waals surface area contributed by atoms with E-state index in [-0.39, 0.29) is 0 Å².